The molecule has 0 spiro atoms. The van der Waals surface area contributed by atoms with Gasteiger partial charge in [0.2, 0.25) is 0 Å². The van der Waals surface area contributed by atoms with E-state index >= 15 is 0 Å². The molecule has 98 valence electrons. The molecule has 2 N–H and O–H groups in total. The lowest BCUT2D eigenvalue weighted by Gasteiger charge is -2.13. The number of aryl methyl sites for hydroxylation is 1. The quantitative estimate of drug-likeness (QED) is 0.771. The van der Waals surface area contributed by atoms with Crippen LogP contribution in [0, 0.1) is 6.92 Å². The molecular weight excluding hydrogens is 236 g/mol. The Morgan fingerprint density at radius 2 is 2.06 bits per heavy atom. The van der Waals surface area contributed by atoms with Crippen LogP contribution in [-0.4, -0.2) is 41.3 Å². The van der Waals surface area contributed by atoms with Crippen molar-refractivity contribution < 1.29 is 24.5 Å². The van der Waals surface area contributed by atoms with Crippen molar-refractivity contribution in [2.24, 2.45) is 0 Å². The van der Waals surface area contributed by atoms with E-state index < -0.39 is 24.5 Å². The van der Waals surface area contributed by atoms with Crippen LogP contribution in [-0.2, 0) is 9.47 Å². The number of ether oxygens (including phenoxy) is 2. The average molecular weight is 252 g/mol. The third-order valence-corrected chi connectivity index (χ3v) is 2.87. The average Bonchev–Trinajstić information content (AvgIpc) is 2.66. The molecular formula is C13H16O5. The fraction of sp³-hybridized carbons (Fsp3) is 0.462. The van der Waals surface area contributed by atoms with Crippen LogP contribution in [0.5, 0.6) is 0 Å². The number of hydrogen-bond acceptors (Lipinski definition) is 5. The smallest absolute Gasteiger partial charge is 0.338 e. The summed E-state index contributed by atoms with van der Waals surface area (Å²) < 4.78 is 10.0. The highest BCUT2D eigenvalue weighted by Gasteiger charge is 2.33. The molecule has 3 atom stereocenters. The Balaban J connectivity index is 1.87. The van der Waals surface area contributed by atoms with E-state index in [1.807, 2.05) is 19.1 Å². The summed E-state index contributed by atoms with van der Waals surface area (Å²) in [6, 6.07) is 7.00. The van der Waals surface area contributed by atoms with Crippen molar-refractivity contribution in [3.63, 3.8) is 0 Å². The lowest BCUT2D eigenvalue weighted by molar-refractivity contribution is -0.109. The highest BCUT2D eigenvalue weighted by Crippen LogP contribution is 2.19. The highest BCUT2D eigenvalue weighted by atomic mass is 16.6. The topological polar surface area (TPSA) is 76.0 Å². The first kappa shape index (κ1) is 13.0. The number of hydrogen-bond donors (Lipinski definition) is 2. The van der Waals surface area contributed by atoms with Gasteiger partial charge in [-0.15, -0.1) is 0 Å². The zero-order chi connectivity index (χ0) is 13.1. The minimum absolute atomic E-state index is 0.0645. The van der Waals surface area contributed by atoms with Gasteiger partial charge >= 0.3 is 5.97 Å². The van der Waals surface area contributed by atoms with Gasteiger partial charge in [0.25, 0.3) is 0 Å². The molecule has 1 aromatic rings. The zero-order valence-corrected chi connectivity index (χ0v) is 10.1. The van der Waals surface area contributed by atoms with Gasteiger partial charge in [-0.3, -0.25) is 0 Å². The van der Waals surface area contributed by atoms with E-state index in [0.29, 0.717) is 5.56 Å². The maximum atomic E-state index is 11.7. The lowest BCUT2D eigenvalue weighted by Crippen LogP contribution is -2.28. The molecule has 0 saturated carbocycles. The molecule has 18 heavy (non-hydrogen) atoms. The van der Waals surface area contributed by atoms with E-state index in [-0.39, 0.29) is 13.0 Å². The van der Waals surface area contributed by atoms with Crippen LogP contribution >= 0.6 is 0 Å². The number of rotatable bonds is 3. The molecule has 5 heteroatoms. The van der Waals surface area contributed by atoms with Crippen molar-refractivity contribution in [1.29, 1.82) is 0 Å². The fourth-order valence-corrected chi connectivity index (χ4v) is 1.79. The second-order valence-corrected chi connectivity index (χ2v) is 4.40. The number of esters is 1. The summed E-state index contributed by atoms with van der Waals surface area (Å²) in [5.74, 6) is -0.466. The Morgan fingerprint density at radius 1 is 1.39 bits per heavy atom. The van der Waals surface area contributed by atoms with Crippen molar-refractivity contribution in [2.75, 3.05) is 6.61 Å². The van der Waals surface area contributed by atoms with Crippen LogP contribution in [0.2, 0.25) is 0 Å². The number of benzene rings is 1. The van der Waals surface area contributed by atoms with E-state index in [9.17, 15) is 9.90 Å². The van der Waals surface area contributed by atoms with E-state index in [4.69, 9.17) is 14.6 Å². The van der Waals surface area contributed by atoms with E-state index in [0.717, 1.165) is 5.56 Å². The van der Waals surface area contributed by atoms with Gasteiger partial charge in [-0.2, -0.15) is 0 Å². The summed E-state index contributed by atoms with van der Waals surface area (Å²) >= 11 is 0. The van der Waals surface area contributed by atoms with Crippen LogP contribution in [0.3, 0.4) is 0 Å². The Kier molecular flexibility index (Phi) is 3.96. The Bertz CT molecular complexity index is 414. The van der Waals surface area contributed by atoms with Crippen molar-refractivity contribution in [3.8, 4) is 0 Å². The maximum absolute atomic E-state index is 11.7. The molecule has 1 aromatic carbocycles. The fourth-order valence-electron chi connectivity index (χ4n) is 1.79. The number of aliphatic hydroxyl groups excluding tert-OH is 2. The highest BCUT2D eigenvalue weighted by molar-refractivity contribution is 5.89. The first-order valence-corrected chi connectivity index (χ1v) is 5.81. The molecule has 0 amide bonds. The summed E-state index contributed by atoms with van der Waals surface area (Å²) in [6.45, 7) is 1.87. The Hall–Kier alpha value is -1.43. The maximum Gasteiger partial charge on any atom is 0.338 e. The summed E-state index contributed by atoms with van der Waals surface area (Å²) in [5.41, 5.74) is 1.51. The van der Waals surface area contributed by atoms with Gasteiger partial charge in [0, 0.05) is 6.42 Å². The third-order valence-electron chi connectivity index (χ3n) is 2.87. The first-order valence-electron chi connectivity index (χ1n) is 5.81. The van der Waals surface area contributed by atoms with Crippen molar-refractivity contribution in [2.45, 2.75) is 31.8 Å². The van der Waals surface area contributed by atoms with Crippen molar-refractivity contribution in [3.05, 3.63) is 35.4 Å². The summed E-state index contributed by atoms with van der Waals surface area (Å²) in [7, 11) is 0. The van der Waals surface area contributed by atoms with Crippen molar-refractivity contribution in [1.82, 2.24) is 0 Å². The number of aliphatic hydroxyl groups is 2. The van der Waals surface area contributed by atoms with Gasteiger partial charge in [-0.25, -0.2) is 4.79 Å². The van der Waals surface area contributed by atoms with Gasteiger partial charge in [-0.1, -0.05) is 17.7 Å². The minimum atomic E-state index is -0.983. The molecule has 5 nitrogen and oxygen atoms in total. The second-order valence-electron chi connectivity index (χ2n) is 4.40. The second kappa shape index (κ2) is 5.48. The van der Waals surface area contributed by atoms with Crippen LogP contribution in [0.1, 0.15) is 22.3 Å². The normalized spacial score (nSPS) is 27.2. The van der Waals surface area contributed by atoms with E-state index in [1.165, 1.54) is 0 Å². The molecule has 1 saturated heterocycles. The molecule has 1 aliphatic heterocycles. The van der Waals surface area contributed by atoms with Gasteiger partial charge in [0.15, 0.2) is 6.29 Å². The van der Waals surface area contributed by atoms with Crippen LogP contribution < -0.4 is 0 Å². The lowest BCUT2D eigenvalue weighted by atomic mass is 10.1. The SMILES string of the molecule is Cc1ccc(C(=O)OC[C@H]2O[C@H](O)C[C@H]2O)cc1. The van der Waals surface area contributed by atoms with Gasteiger partial charge < -0.3 is 19.7 Å². The predicted molar refractivity (Wildman–Crippen MR) is 63.0 cm³/mol. The van der Waals surface area contributed by atoms with Crippen LogP contribution in [0.4, 0.5) is 0 Å². The van der Waals surface area contributed by atoms with Crippen LogP contribution in [0.25, 0.3) is 0 Å². The predicted octanol–water partition coefficient (Wildman–Crippen LogP) is 0.620. The molecule has 1 fully saturated rings. The van der Waals surface area contributed by atoms with Gasteiger partial charge in [0.1, 0.15) is 12.7 Å². The summed E-state index contributed by atoms with van der Waals surface area (Å²) in [4.78, 5) is 11.7. The van der Waals surface area contributed by atoms with Crippen molar-refractivity contribution >= 4 is 5.97 Å². The summed E-state index contributed by atoms with van der Waals surface area (Å²) in [6.07, 6.45) is -2.30. The molecule has 0 bridgehead atoms. The first-order chi connectivity index (χ1) is 8.56. The summed E-state index contributed by atoms with van der Waals surface area (Å²) in [5, 5.41) is 18.7. The third kappa shape index (κ3) is 3.07. The minimum Gasteiger partial charge on any atom is -0.459 e. The largest absolute Gasteiger partial charge is 0.459 e. The number of carbonyl (C=O) groups excluding carboxylic acids is 1. The number of carbonyl (C=O) groups is 1. The van der Waals surface area contributed by atoms with Gasteiger partial charge in [-0.05, 0) is 19.1 Å². The molecule has 0 aromatic heterocycles. The van der Waals surface area contributed by atoms with E-state index in [2.05, 4.69) is 0 Å². The Labute approximate surface area is 105 Å². The molecule has 1 heterocycles. The molecule has 2 rings (SSSR count). The van der Waals surface area contributed by atoms with Gasteiger partial charge in [0.05, 0.1) is 11.7 Å². The molecule has 0 aliphatic carbocycles. The molecule has 0 unspecified atom stereocenters. The van der Waals surface area contributed by atoms with Crippen LogP contribution in [0.15, 0.2) is 24.3 Å². The van der Waals surface area contributed by atoms with E-state index in [1.54, 1.807) is 12.1 Å². The molecule has 0 radical (unpaired) electrons. The monoisotopic (exact) mass is 252 g/mol. The molecule has 1 aliphatic rings. The standard InChI is InChI=1S/C13H16O5/c1-8-2-4-9(5-3-8)13(16)17-7-11-10(14)6-12(15)18-11/h2-5,10-12,14-15H,6-7H2,1H3/t10-,11-,12+/m1/s1. The zero-order valence-electron chi connectivity index (χ0n) is 10.1. The Morgan fingerprint density at radius 3 is 2.61 bits per heavy atom.